The summed E-state index contributed by atoms with van der Waals surface area (Å²) in [6.07, 6.45) is 0. The molecule has 15 rings (SSSR count). The summed E-state index contributed by atoms with van der Waals surface area (Å²) in [6.45, 7) is 0. The molecule has 0 amide bonds. The van der Waals surface area contributed by atoms with Gasteiger partial charge < -0.3 is 13.9 Å². The van der Waals surface area contributed by atoms with Gasteiger partial charge in [0.2, 0.25) is 0 Å². The maximum atomic E-state index is 6.97. The SMILES string of the molecule is c1ccc2c(-c3ccc(-c4ccc(N(c5ccc(-c6cccc7c6c6ccccc6n7-c6cccc7ccccc67)cc5)c5ccc(-c6cccc7ccccc67)c6oc7ccccc7c56)cc4)cc3)cccc2c1. The van der Waals surface area contributed by atoms with E-state index in [0.717, 1.165) is 61.3 Å². The Morgan fingerprint density at radius 1 is 0.280 bits per heavy atom. The van der Waals surface area contributed by atoms with Crippen LogP contribution in [0.25, 0.3) is 126 Å². The quantitative estimate of drug-likeness (QED) is 0.151. The first-order chi connectivity index (χ1) is 37.2. The summed E-state index contributed by atoms with van der Waals surface area (Å²) < 4.78 is 9.42. The number of benzene rings is 13. The van der Waals surface area contributed by atoms with Crippen LogP contribution in [0.4, 0.5) is 17.1 Å². The van der Waals surface area contributed by atoms with Gasteiger partial charge in [-0.25, -0.2) is 0 Å². The zero-order valence-corrected chi connectivity index (χ0v) is 40.9. The molecule has 0 unspecified atom stereocenters. The van der Waals surface area contributed by atoms with Gasteiger partial charge in [-0.15, -0.1) is 0 Å². The van der Waals surface area contributed by atoms with Crippen molar-refractivity contribution in [1.29, 1.82) is 0 Å². The first kappa shape index (κ1) is 42.7. The maximum absolute atomic E-state index is 6.97. The molecule has 3 nitrogen and oxygen atoms in total. The Kier molecular flexibility index (Phi) is 9.89. The lowest BCUT2D eigenvalue weighted by atomic mass is 9.95. The molecular weight excluding hydrogens is 909 g/mol. The zero-order chi connectivity index (χ0) is 49.4. The van der Waals surface area contributed by atoms with Crippen molar-refractivity contribution in [2.75, 3.05) is 4.90 Å². The average molecular weight is 955 g/mol. The van der Waals surface area contributed by atoms with Crippen molar-refractivity contribution < 1.29 is 4.42 Å². The summed E-state index contributed by atoms with van der Waals surface area (Å²) in [5, 5.41) is 12.0. The van der Waals surface area contributed by atoms with E-state index in [0.29, 0.717) is 0 Å². The van der Waals surface area contributed by atoms with Gasteiger partial charge in [-0.05, 0) is 127 Å². The second-order valence-electron chi connectivity index (χ2n) is 19.5. The molecule has 2 aromatic heterocycles. The third-order valence-corrected chi connectivity index (χ3v) is 15.4. The predicted molar refractivity (Wildman–Crippen MR) is 317 cm³/mol. The number of hydrogen-bond donors (Lipinski definition) is 0. The summed E-state index contributed by atoms with van der Waals surface area (Å²) in [4.78, 5) is 2.40. The van der Waals surface area contributed by atoms with Crippen LogP contribution >= 0.6 is 0 Å². The Labute approximate surface area is 434 Å². The molecule has 0 aliphatic heterocycles. The predicted octanol–water partition coefficient (Wildman–Crippen LogP) is 20.3. The van der Waals surface area contributed by atoms with E-state index >= 15 is 0 Å². The van der Waals surface area contributed by atoms with Crippen LogP contribution in [0, 0.1) is 0 Å². The fraction of sp³-hybridized carbons (Fsp3) is 0. The molecule has 0 spiro atoms. The van der Waals surface area contributed by atoms with E-state index in [-0.39, 0.29) is 0 Å². The van der Waals surface area contributed by atoms with Crippen molar-refractivity contribution in [2.45, 2.75) is 0 Å². The topological polar surface area (TPSA) is 21.3 Å². The molecule has 75 heavy (non-hydrogen) atoms. The van der Waals surface area contributed by atoms with Crippen molar-refractivity contribution in [3.05, 3.63) is 279 Å². The molecule has 350 valence electrons. The van der Waals surface area contributed by atoms with Gasteiger partial charge in [-0.2, -0.15) is 0 Å². The van der Waals surface area contributed by atoms with E-state index in [1.54, 1.807) is 0 Å². The largest absolute Gasteiger partial charge is 0.455 e. The van der Waals surface area contributed by atoms with Gasteiger partial charge in [0, 0.05) is 38.5 Å². The molecule has 0 aliphatic carbocycles. The zero-order valence-electron chi connectivity index (χ0n) is 40.9. The highest BCUT2D eigenvalue weighted by Crippen LogP contribution is 2.48. The molecule has 13 aromatic carbocycles. The molecule has 3 heteroatoms. The summed E-state index contributed by atoms with van der Waals surface area (Å²) >= 11 is 0. The van der Waals surface area contributed by atoms with E-state index in [1.807, 2.05) is 0 Å². The Balaban J connectivity index is 0.886. The second-order valence-corrected chi connectivity index (χ2v) is 19.5. The van der Waals surface area contributed by atoms with Crippen molar-refractivity contribution in [1.82, 2.24) is 4.57 Å². The number of para-hydroxylation sites is 2. The molecular formula is C72H46N2O. The molecule has 0 N–H and O–H groups in total. The van der Waals surface area contributed by atoms with Gasteiger partial charge in [0.1, 0.15) is 11.2 Å². The van der Waals surface area contributed by atoms with Crippen LogP contribution in [0.3, 0.4) is 0 Å². The van der Waals surface area contributed by atoms with E-state index in [2.05, 4.69) is 289 Å². The smallest absolute Gasteiger partial charge is 0.145 e. The Bertz CT molecular complexity index is 4680. The van der Waals surface area contributed by atoms with E-state index in [9.17, 15) is 0 Å². The summed E-state index contributed by atoms with van der Waals surface area (Å²) in [5.74, 6) is 0. The Morgan fingerprint density at radius 3 is 1.45 bits per heavy atom. The first-order valence-electron chi connectivity index (χ1n) is 25.7. The summed E-state index contributed by atoms with van der Waals surface area (Å²) in [6, 6.07) is 101. The minimum absolute atomic E-state index is 0.856. The first-order valence-corrected chi connectivity index (χ1v) is 25.7. The van der Waals surface area contributed by atoms with Gasteiger partial charge in [-0.1, -0.05) is 218 Å². The highest BCUT2D eigenvalue weighted by molar-refractivity contribution is 6.19. The molecule has 0 atom stereocenters. The second kappa shape index (κ2) is 17.4. The number of furan rings is 1. The number of nitrogens with zero attached hydrogens (tertiary/aromatic N) is 2. The molecule has 2 heterocycles. The van der Waals surface area contributed by atoms with Crippen molar-refractivity contribution >= 4 is 93.1 Å². The van der Waals surface area contributed by atoms with Gasteiger partial charge in [0.05, 0.1) is 27.8 Å². The molecule has 15 aromatic rings. The van der Waals surface area contributed by atoms with Crippen molar-refractivity contribution in [3.8, 4) is 50.2 Å². The number of rotatable bonds is 8. The van der Waals surface area contributed by atoms with Gasteiger partial charge in [-0.3, -0.25) is 0 Å². The maximum Gasteiger partial charge on any atom is 0.145 e. The number of hydrogen-bond acceptors (Lipinski definition) is 2. The van der Waals surface area contributed by atoms with Crippen LogP contribution in [-0.2, 0) is 0 Å². The minimum Gasteiger partial charge on any atom is -0.455 e. The fourth-order valence-electron chi connectivity index (χ4n) is 11.9. The Morgan fingerprint density at radius 2 is 0.747 bits per heavy atom. The summed E-state index contributed by atoms with van der Waals surface area (Å²) in [5.41, 5.74) is 17.7. The fourth-order valence-corrected chi connectivity index (χ4v) is 11.9. The van der Waals surface area contributed by atoms with Crippen LogP contribution in [0.5, 0.6) is 0 Å². The van der Waals surface area contributed by atoms with Crippen LogP contribution < -0.4 is 4.90 Å². The minimum atomic E-state index is 0.856. The van der Waals surface area contributed by atoms with E-state index in [1.165, 1.54) is 82.1 Å². The monoisotopic (exact) mass is 954 g/mol. The average Bonchev–Trinajstić information content (AvgIpc) is 4.11. The highest BCUT2D eigenvalue weighted by atomic mass is 16.3. The van der Waals surface area contributed by atoms with Gasteiger partial charge >= 0.3 is 0 Å². The number of aromatic nitrogens is 1. The summed E-state index contributed by atoms with van der Waals surface area (Å²) in [7, 11) is 0. The highest BCUT2D eigenvalue weighted by Gasteiger charge is 2.24. The lowest BCUT2D eigenvalue weighted by Gasteiger charge is -2.27. The molecule has 0 radical (unpaired) electrons. The Hall–Kier alpha value is -9.96. The standard InChI is InChI=1S/C72H46N2O/c1-4-21-56-49(15-1)18-11-26-57(56)52-35-33-47(34-36-52)48-37-41-54(42-38-48)73(68-46-45-62(61-28-12-19-50-16-2-5-22-58(50)61)72-71(68)64-25-8-10-32-69(64)75-72)55-43-39-53(40-44-55)60-27-14-31-67-70(60)63-24-7-9-29-66(63)74(67)65-30-13-20-51-17-3-6-23-59(51)65/h1-46H. The van der Waals surface area contributed by atoms with Crippen molar-refractivity contribution in [2.24, 2.45) is 0 Å². The molecule has 0 aliphatic rings. The lowest BCUT2D eigenvalue weighted by molar-refractivity contribution is 0.670. The number of anilines is 3. The van der Waals surface area contributed by atoms with Crippen LogP contribution in [0.2, 0.25) is 0 Å². The molecule has 0 fully saturated rings. The van der Waals surface area contributed by atoms with Gasteiger partial charge in [0.15, 0.2) is 0 Å². The van der Waals surface area contributed by atoms with E-state index < -0.39 is 0 Å². The van der Waals surface area contributed by atoms with Gasteiger partial charge in [0.25, 0.3) is 0 Å². The third-order valence-electron chi connectivity index (χ3n) is 15.4. The van der Waals surface area contributed by atoms with Crippen molar-refractivity contribution in [3.63, 3.8) is 0 Å². The van der Waals surface area contributed by atoms with Crippen LogP contribution in [0.1, 0.15) is 0 Å². The molecule has 0 bridgehead atoms. The van der Waals surface area contributed by atoms with Crippen LogP contribution in [-0.4, -0.2) is 4.57 Å². The normalized spacial score (nSPS) is 11.7. The molecule has 0 saturated heterocycles. The van der Waals surface area contributed by atoms with E-state index in [4.69, 9.17) is 4.42 Å². The van der Waals surface area contributed by atoms with Crippen LogP contribution in [0.15, 0.2) is 283 Å². The lowest BCUT2D eigenvalue weighted by Crippen LogP contribution is -2.10. The molecule has 0 saturated carbocycles. The number of fused-ring (bicyclic) bond motifs is 9. The third kappa shape index (κ3) is 6.97.